The highest BCUT2D eigenvalue weighted by atomic mass is 15.3. The van der Waals surface area contributed by atoms with Crippen molar-refractivity contribution in [1.82, 2.24) is 43.6 Å². The molecule has 7 heterocycles. The van der Waals surface area contributed by atoms with Crippen LogP contribution in [0.5, 0.6) is 0 Å². The van der Waals surface area contributed by atoms with Crippen LogP contribution in [0.15, 0.2) is 68.3 Å². The largest absolute Gasteiger partial charge is 0.324 e. The smallest absolute Gasteiger partial charge is 0.208 e. The van der Waals surface area contributed by atoms with Crippen molar-refractivity contribution in [2.45, 2.75) is 144 Å². The molecule has 2 aromatic carbocycles. The molecule has 9 rings (SSSR count). The quantitative estimate of drug-likeness (QED) is 0.133. The predicted octanol–water partition coefficient (Wildman–Crippen LogP) is 10.5. The van der Waals surface area contributed by atoms with Crippen molar-refractivity contribution in [2.24, 2.45) is 0 Å². The lowest BCUT2D eigenvalue weighted by atomic mass is 9.91. The van der Waals surface area contributed by atoms with Crippen LogP contribution in [0.2, 0.25) is 0 Å². The molecule has 0 saturated carbocycles. The number of benzene rings is 2. The van der Waals surface area contributed by atoms with Gasteiger partial charge in [0.05, 0.1) is 56.2 Å². The first-order chi connectivity index (χ1) is 29.5. The molecule has 11 nitrogen and oxygen atoms in total. The van der Waals surface area contributed by atoms with Crippen LogP contribution >= 0.6 is 0 Å². The number of piperidine rings is 1. The summed E-state index contributed by atoms with van der Waals surface area (Å²) in [6.45, 7) is 28.8. The number of rotatable bonds is 10. The summed E-state index contributed by atoms with van der Waals surface area (Å²) in [4.78, 5) is 13.6. The average Bonchev–Trinajstić information content (AvgIpc) is 4.03. The summed E-state index contributed by atoms with van der Waals surface area (Å²) in [5.41, 5.74) is 15.9. The van der Waals surface area contributed by atoms with E-state index >= 15 is 0 Å². The normalized spacial score (nSPS) is 20.1. The molecule has 0 amide bonds. The van der Waals surface area contributed by atoms with Gasteiger partial charge in [-0.2, -0.15) is 10.2 Å². The maximum Gasteiger partial charge on any atom is 0.208 e. The second-order valence-corrected chi connectivity index (χ2v) is 17.8. The Morgan fingerprint density at radius 2 is 1.13 bits per heavy atom. The molecule has 3 unspecified atom stereocenters. The summed E-state index contributed by atoms with van der Waals surface area (Å²) in [6, 6.07) is 15.2. The Morgan fingerprint density at radius 1 is 0.639 bits per heavy atom. The molecular weight excluding hydrogens is 755 g/mol. The number of anilines is 2. The molecule has 4 aromatic heterocycles. The molecule has 0 radical (unpaired) electrons. The zero-order chi connectivity index (χ0) is 42.5. The molecule has 0 aliphatic carbocycles. The molecular formula is C50H63N11. The van der Waals surface area contributed by atoms with Gasteiger partial charge in [0.1, 0.15) is 0 Å². The van der Waals surface area contributed by atoms with Gasteiger partial charge in [-0.15, -0.1) is 0 Å². The van der Waals surface area contributed by atoms with Crippen molar-refractivity contribution in [3.8, 4) is 0 Å². The molecule has 11 heteroatoms. The number of imidazole rings is 2. The summed E-state index contributed by atoms with van der Waals surface area (Å²) in [5, 5.41) is 16.8. The molecule has 2 N–H and O–H groups in total. The number of aryl methyl sites for hydroxylation is 7. The van der Waals surface area contributed by atoms with Crippen molar-refractivity contribution in [1.29, 1.82) is 0 Å². The van der Waals surface area contributed by atoms with Crippen molar-refractivity contribution in [3.05, 3.63) is 113 Å². The summed E-state index contributed by atoms with van der Waals surface area (Å²) in [6.07, 6.45) is 15.3. The van der Waals surface area contributed by atoms with Crippen molar-refractivity contribution in [3.63, 3.8) is 0 Å². The fourth-order valence-corrected chi connectivity index (χ4v) is 10.7. The van der Waals surface area contributed by atoms with Crippen molar-refractivity contribution < 1.29 is 0 Å². The molecule has 6 aromatic rings. The van der Waals surface area contributed by atoms with Gasteiger partial charge < -0.3 is 19.8 Å². The third kappa shape index (κ3) is 7.77. The topological polar surface area (TPSA) is 98.6 Å². The van der Waals surface area contributed by atoms with Gasteiger partial charge in [-0.05, 0) is 145 Å². The lowest BCUT2D eigenvalue weighted by Gasteiger charge is -2.41. The average molecular weight is 818 g/mol. The Morgan fingerprint density at radius 3 is 1.64 bits per heavy atom. The minimum absolute atomic E-state index is 0.456. The van der Waals surface area contributed by atoms with Gasteiger partial charge in [0.15, 0.2) is 0 Å². The first kappa shape index (κ1) is 40.7. The van der Waals surface area contributed by atoms with Crippen LogP contribution in [0.25, 0.3) is 39.0 Å². The number of fused-ring (bicyclic) bond motifs is 2. The van der Waals surface area contributed by atoms with Gasteiger partial charge in [-0.1, -0.05) is 49.9 Å². The van der Waals surface area contributed by atoms with Crippen LogP contribution < -0.4 is 10.6 Å². The van der Waals surface area contributed by atoms with E-state index in [0.29, 0.717) is 31.2 Å². The third-order valence-corrected chi connectivity index (χ3v) is 13.4. The summed E-state index contributed by atoms with van der Waals surface area (Å²) in [5.74, 6) is 1.56. The van der Waals surface area contributed by atoms with E-state index in [9.17, 15) is 0 Å². The number of hydrogen-bond donors (Lipinski definition) is 2. The maximum absolute atomic E-state index is 5.33. The number of aromatic nitrogens is 8. The van der Waals surface area contributed by atoms with E-state index in [1.807, 2.05) is 23.2 Å². The first-order valence-corrected chi connectivity index (χ1v) is 22.6. The standard InChI is InChI=1S/C50H63N11/c1-10-59-45(27-33(6)55-59)35(8)51-49-53-43-26-32(5)25-37-17-19-42(61-40-15-14-16-41(61)22-21-40)20-18-38-29-39(31(3)4)30-44-48(38)58(24-13-12-23-57(49)47(37)43)50(54-44)52-36(9)46-28-34(7)56-60(46)11-2/h12-13,25-30,40-42H,3,8-11,14-24H2,1-2,4-7H3,(H,51,53)(H,52,54)/b13-12+. The van der Waals surface area contributed by atoms with Crippen LogP contribution in [0.4, 0.5) is 11.9 Å². The first-order valence-electron chi connectivity index (χ1n) is 22.6. The van der Waals surface area contributed by atoms with E-state index in [2.05, 4.69) is 121 Å². The van der Waals surface area contributed by atoms with E-state index in [1.165, 1.54) is 59.8 Å². The highest BCUT2D eigenvalue weighted by Crippen LogP contribution is 2.40. The Labute approximate surface area is 360 Å². The van der Waals surface area contributed by atoms with Crippen molar-refractivity contribution in [2.75, 3.05) is 10.6 Å². The second kappa shape index (κ2) is 16.6. The van der Waals surface area contributed by atoms with Crippen LogP contribution in [0.3, 0.4) is 0 Å². The van der Waals surface area contributed by atoms with E-state index in [0.717, 1.165) is 107 Å². The van der Waals surface area contributed by atoms with Crippen LogP contribution in [-0.2, 0) is 39.0 Å². The van der Waals surface area contributed by atoms with Crippen LogP contribution in [-0.4, -0.2) is 61.7 Å². The Bertz CT molecular complexity index is 2680. The van der Waals surface area contributed by atoms with Gasteiger partial charge in [-0.25, -0.2) is 9.97 Å². The predicted molar refractivity (Wildman–Crippen MR) is 252 cm³/mol. The Balaban J connectivity index is 1.17. The molecule has 3 atom stereocenters. The van der Waals surface area contributed by atoms with E-state index in [-0.39, 0.29) is 0 Å². The minimum atomic E-state index is 0.456. The lowest BCUT2D eigenvalue weighted by Crippen LogP contribution is -2.47. The minimum Gasteiger partial charge on any atom is -0.324 e. The Kier molecular flexibility index (Phi) is 11.1. The second-order valence-electron chi connectivity index (χ2n) is 17.8. The number of allylic oxidation sites excluding steroid dienone is 3. The number of hydrogen-bond acceptors (Lipinski definition) is 7. The van der Waals surface area contributed by atoms with Gasteiger partial charge in [0.25, 0.3) is 0 Å². The van der Waals surface area contributed by atoms with Gasteiger partial charge in [-0.3, -0.25) is 14.3 Å². The van der Waals surface area contributed by atoms with Crippen LogP contribution in [0, 0.1) is 20.8 Å². The van der Waals surface area contributed by atoms with Gasteiger partial charge in [0.2, 0.25) is 11.9 Å². The van der Waals surface area contributed by atoms with Gasteiger partial charge in [0, 0.05) is 44.3 Å². The number of nitrogens with zero attached hydrogens (tertiary/aromatic N) is 9. The van der Waals surface area contributed by atoms with E-state index in [1.54, 1.807) is 0 Å². The lowest BCUT2D eigenvalue weighted by molar-refractivity contribution is 0.0769. The Hall–Kier alpha value is -5.68. The zero-order valence-electron chi connectivity index (χ0n) is 37.2. The highest BCUT2D eigenvalue weighted by Gasteiger charge is 2.40. The fraction of sp³-hybridized carbons (Fsp3) is 0.440. The molecule has 61 heavy (non-hydrogen) atoms. The molecule has 3 aliphatic heterocycles. The molecule has 0 spiro atoms. The molecule has 2 bridgehead atoms. The highest BCUT2D eigenvalue weighted by molar-refractivity contribution is 5.88. The zero-order valence-corrected chi connectivity index (χ0v) is 37.2. The number of nitrogens with one attached hydrogen (secondary N) is 2. The molecule has 2 saturated heterocycles. The monoisotopic (exact) mass is 818 g/mol. The molecule has 2 fully saturated rings. The molecule has 3 aliphatic rings. The third-order valence-electron chi connectivity index (χ3n) is 13.4. The maximum atomic E-state index is 5.33. The van der Waals surface area contributed by atoms with Crippen LogP contribution in [0.1, 0.15) is 111 Å². The summed E-state index contributed by atoms with van der Waals surface area (Å²) < 4.78 is 8.71. The fourth-order valence-electron chi connectivity index (χ4n) is 10.7. The van der Waals surface area contributed by atoms with E-state index in [4.69, 9.17) is 20.2 Å². The van der Waals surface area contributed by atoms with Gasteiger partial charge >= 0.3 is 0 Å². The van der Waals surface area contributed by atoms with Crippen molar-refractivity contribution >= 4 is 50.9 Å². The molecule has 318 valence electrons. The SMILES string of the molecule is C=C(C)c1cc2c3c(c1)nc(NC(=C)c1cc(C)nn1CC)n3C/C=C/Cn1c(NC(=C)c3cc(C)nn3CC)nc3cc(C)cc(c31)CCC(N1C3CCCC1CC3)CC2. The summed E-state index contributed by atoms with van der Waals surface area (Å²) >= 11 is 0. The summed E-state index contributed by atoms with van der Waals surface area (Å²) in [7, 11) is 0. The van der Waals surface area contributed by atoms with E-state index < -0.39 is 0 Å².